The third-order valence-electron chi connectivity index (χ3n) is 5.36. The molecule has 5 rings (SSSR count). The zero-order chi connectivity index (χ0) is 22.2. The Morgan fingerprint density at radius 1 is 0.938 bits per heavy atom. The zero-order valence-electron chi connectivity index (χ0n) is 17.9. The van der Waals surface area contributed by atoms with Gasteiger partial charge < -0.3 is 9.64 Å². The van der Waals surface area contributed by atoms with Gasteiger partial charge in [0.05, 0.1) is 29.2 Å². The van der Waals surface area contributed by atoms with Gasteiger partial charge in [-0.25, -0.2) is 4.99 Å². The molecule has 3 aromatic carbocycles. The molecule has 1 amide bonds. The Bertz CT molecular complexity index is 1270. The first-order valence-corrected chi connectivity index (χ1v) is 11.8. The highest BCUT2D eigenvalue weighted by atomic mass is 32.2. The fraction of sp³-hybridized carbons (Fsp3) is 0.120. The summed E-state index contributed by atoms with van der Waals surface area (Å²) in [5, 5.41) is 1.56. The molecule has 2 aliphatic heterocycles. The van der Waals surface area contributed by atoms with Crippen molar-refractivity contribution in [2.75, 3.05) is 24.0 Å². The van der Waals surface area contributed by atoms with Crippen molar-refractivity contribution in [2.45, 2.75) is 11.8 Å². The molecule has 0 aliphatic carbocycles. The molecule has 0 atom stereocenters. The molecular weight excluding hydrogens is 438 g/mol. The molecule has 32 heavy (non-hydrogen) atoms. The van der Waals surface area contributed by atoms with Gasteiger partial charge in [0.1, 0.15) is 10.7 Å². The third kappa shape index (κ3) is 3.57. The standard InChI is InChI=1S/C25H21N3O2S2/c1-16-9-7-8-12-19(16)26-25-28(17-10-5-4-6-11-17)23(29)22(32-25)24-27(2)20-15-18(30-3)13-14-21(20)31-24/h4-15H,1-3H3. The Labute approximate surface area is 195 Å². The van der Waals surface area contributed by atoms with Gasteiger partial charge in [0.2, 0.25) is 0 Å². The van der Waals surface area contributed by atoms with E-state index in [2.05, 4.69) is 4.90 Å². The van der Waals surface area contributed by atoms with Crippen LogP contribution in [0.4, 0.5) is 17.1 Å². The van der Waals surface area contributed by atoms with E-state index in [0.29, 0.717) is 10.1 Å². The second-order valence-corrected chi connectivity index (χ2v) is 9.40. The molecule has 1 fully saturated rings. The number of para-hydroxylation sites is 2. The number of fused-ring (bicyclic) bond motifs is 1. The van der Waals surface area contributed by atoms with Crippen molar-refractivity contribution in [3.8, 4) is 5.75 Å². The zero-order valence-corrected chi connectivity index (χ0v) is 19.5. The largest absolute Gasteiger partial charge is 0.497 e. The summed E-state index contributed by atoms with van der Waals surface area (Å²) in [6.45, 7) is 2.03. The van der Waals surface area contributed by atoms with Crippen LogP contribution in [0.2, 0.25) is 0 Å². The topological polar surface area (TPSA) is 45.1 Å². The van der Waals surface area contributed by atoms with E-state index in [0.717, 1.165) is 38.3 Å². The van der Waals surface area contributed by atoms with E-state index in [1.54, 1.807) is 23.8 Å². The molecule has 160 valence electrons. The summed E-state index contributed by atoms with van der Waals surface area (Å²) >= 11 is 3.02. The summed E-state index contributed by atoms with van der Waals surface area (Å²) in [4.78, 5) is 24.1. The molecule has 0 saturated carbocycles. The maximum Gasteiger partial charge on any atom is 0.274 e. The normalized spacial score (nSPS) is 19.1. The van der Waals surface area contributed by atoms with Crippen LogP contribution >= 0.6 is 23.5 Å². The highest BCUT2D eigenvalue weighted by Crippen LogP contribution is 2.51. The van der Waals surface area contributed by atoms with E-state index in [1.165, 1.54) is 11.8 Å². The number of aliphatic imine (C=N–C) groups is 1. The predicted molar refractivity (Wildman–Crippen MR) is 134 cm³/mol. The number of methoxy groups -OCH3 is 1. The lowest BCUT2D eigenvalue weighted by Gasteiger charge is -2.17. The summed E-state index contributed by atoms with van der Waals surface area (Å²) in [7, 11) is 3.64. The van der Waals surface area contributed by atoms with Crippen molar-refractivity contribution in [2.24, 2.45) is 4.99 Å². The average Bonchev–Trinajstić information content (AvgIpc) is 3.31. The number of hydrogen-bond acceptors (Lipinski definition) is 6. The minimum absolute atomic E-state index is 0.0670. The van der Waals surface area contributed by atoms with E-state index in [4.69, 9.17) is 9.73 Å². The molecule has 1 saturated heterocycles. The first kappa shape index (κ1) is 20.7. The van der Waals surface area contributed by atoms with Gasteiger partial charge in [0.25, 0.3) is 5.91 Å². The van der Waals surface area contributed by atoms with Gasteiger partial charge in [0, 0.05) is 18.0 Å². The number of benzene rings is 3. The summed E-state index contributed by atoms with van der Waals surface area (Å²) in [5.41, 5.74) is 3.75. The monoisotopic (exact) mass is 459 g/mol. The van der Waals surface area contributed by atoms with E-state index < -0.39 is 0 Å². The van der Waals surface area contributed by atoms with Crippen LogP contribution in [0, 0.1) is 6.92 Å². The first-order chi connectivity index (χ1) is 15.6. The number of anilines is 2. The van der Waals surface area contributed by atoms with Crippen LogP contribution in [0.5, 0.6) is 5.75 Å². The molecule has 0 aromatic heterocycles. The van der Waals surface area contributed by atoms with Crippen molar-refractivity contribution in [1.29, 1.82) is 0 Å². The van der Waals surface area contributed by atoms with Gasteiger partial charge in [-0.3, -0.25) is 9.69 Å². The van der Waals surface area contributed by atoms with E-state index in [-0.39, 0.29) is 5.91 Å². The molecule has 0 bridgehead atoms. The van der Waals surface area contributed by atoms with E-state index in [9.17, 15) is 4.79 Å². The van der Waals surface area contributed by atoms with Gasteiger partial charge >= 0.3 is 0 Å². The second-order valence-electron chi connectivity index (χ2n) is 7.39. The number of amides is 1. The number of amidine groups is 1. The Kier molecular flexibility index (Phi) is 5.45. The highest BCUT2D eigenvalue weighted by Gasteiger charge is 2.40. The van der Waals surface area contributed by atoms with Crippen LogP contribution in [0.15, 0.2) is 92.6 Å². The van der Waals surface area contributed by atoms with E-state index >= 15 is 0 Å². The van der Waals surface area contributed by atoms with Crippen LogP contribution < -0.4 is 14.5 Å². The minimum Gasteiger partial charge on any atom is -0.497 e. The highest BCUT2D eigenvalue weighted by molar-refractivity contribution is 8.20. The van der Waals surface area contributed by atoms with E-state index in [1.807, 2.05) is 86.8 Å². The fourth-order valence-corrected chi connectivity index (χ4v) is 5.95. The van der Waals surface area contributed by atoms with Crippen molar-refractivity contribution < 1.29 is 9.53 Å². The van der Waals surface area contributed by atoms with Gasteiger partial charge in [-0.05, 0) is 54.6 Å². The number of carbonyl (C=O) groups excluding carboxylic acids is 1. The average molecular weight is 460 g/mol. The lowest BCUT2D eigenvalue weighted by Crippen LogP contribution is -2.29. The number of hydrogen-bond donors (Lipinski definition) is 0. The summed E-state index contributed by atoms with van der Waals surface area (Å²) < 4.78 is 5.39. The van der Waals surface area contributed by atoms with Crippen LogP contribution in [-0.4, -0.2) is 25.2 Å². The summed E-state index contributed by atoms with van der Waals surface area (Å²) in [6, 6.07) is 23.6. The quantitative estimate of drug-likeness (QED) is 0.438. The summed E-state index contributed by atoms with van der Waals surface area (Å²) in [5.74, 6) is 0.725. The molecule has 0 N–H and O–H groups in total. The molecule has 2 aliphatic rings. The van der Waals surface area contributed by atoms with Crippen molar-refractivity contribution >= 4 is 51.7 Å². The number of nitrogens with zero attached hydrogens (tertiary/aromatic N) is 3. The molecule has 0 unspecified atom stereocenters. The molecule has 7 heteroatoms. The first-order valence-electron chi connectivity index (χ1n) is 10.1. The lowest BCUT2D eigenvalue weighted by molar-refractivity contribution is -0.113. The van der Waals surface area contributed by atoms with Crippen LogP contribution in [0.3, 0.4) is 0 Å². The number of rotatable bonds is 3. The Hall–Kier alpha value is -3.16. The van der Waals surface area contributed by atoms with Crippen LogP contribution in [0.1, 0.15) is 5.56 Å². The number of aryl methyl sites for hydroxylation is 1. The van der Waals surface area contributed by atoms with Crippen LogP contribution in [0.25, 0.3) is 0 Å². The molecule has 5 nitrogen and oxygen atoms in total. The maximum absolute atomic E-state index is 13.7. The van der Waals surface area contributed by atoms with Gasteiger partial charge in [-0.2, -0.15) is 0 Å². The van der Waals surface area contributed by atoms with Gasteiger partial charge in [0.15, 0.2) is 5.17 Å². The van der Waals surface area contributed by atoms with Crippen molar-refractivity contribution in [1.82, 2.24) is 0 Å². The minimum atomic E-state index is -0.0670. The molecular formula is C25H21N3O2S2. The smallest absolute Gasteiger partial charge is 0.274 e. The number of ether oxygens (including phenoxy) is 1. The maximum atomic E-state index is 13.7. The van der Waals surface area contributed by atoms with Gasteiger partial charge in [-0.1, -0.05) is 48.2 Å². The number of carbonyl (C=O) groups is 1. The predicted octanol–water partition coefficient (Wildman–Crippen LogP) is 6.18. The SMILES string of the molecule is COc1ccc2c(c1)N(C)C(=C1SC(=Nc3ccccc3C)N(c3ccccc3)C1=O)S2. The molecule has 0 radical (unpaired) electrons. The molecule has 3 aromatic rings. The Morgan fingerprint density at radius 2 is 1.69 bits per heavy atom. The van der Waals surface area contributed by atoms with Gasteiger partial charge in [-0.15, -0.1) is 0 Å². The summed E-state index contributed by atoms with van der Waals surface area (Å²) in [6.07, 6.45) is 0. The third-order valence-corrected chi connectivity index (χ3v) is 7.76. The Balaban J connectivity index is 1.61. The van der Waals surface area contributed by atoms with Crippen molar-refractivity contribution in [3.63, 3.8) is 0 Å². The lowest BCUT2D eigenvalue weighted by atomic mass is 10.2. The fourth-order valence-electron chi connectivity index (χ4n) is 3.63. The van der Waals surface area contributed by atoms with Crippen LogP contribution in [-0.2, 0) is 4.79 Å². The molecule has 0 spiro atoms. The molecule has 2 heterocycles. The van der Waals surface area contributed by atoms with Crippen molar-refractivity contribution in [3.05, 3.63) is 88.3 Å². The Morgan fingerprint density at radius 3 is 2.44 bits per heavy atom. The number of thioether (sulfide) groups is 2. The second kappa shape index (κ2) is 8.41.